The van der Waals surface area contributed by atoms with Crippen LogP contribution in [0, 0.1) is 0 Å². The third-order valence-corrected chi connectivity index (χ3v) is 9.78. The van der Waals surface area contributed by atoms with E-state index in [1.807, 2.05) is 24.3 Å². The molecule has 0 aliphatic carbocycles. The van der Waals surface area contributed by atoms with Gasteiger partial charge >= 0.3 is 0 Å². The molecule has 4 heteroatoms. The van der Waals surface area contributed by atoms with Gasteiger partial charge in [-0.05, 0) is 84.2 Å². The van der Waals surface area contributed by atoms with Crippen LogP contribution in [0.25, 0.3) is 32.7 Å². The Kier molecular flexibility index (Phi) is 6.79. The van der Waals surface area contributed by atoms with Crippen LogP contribution in [0.4, 0.5) is 0 Å². The normalized spacial score (nSPS) is 11.9. The van der Waals surface area contributed by atoms with E-state index in [0.717, 1.165) is 10.0 Å². The molecule has 0 heterocycles. The topological polar surface area (TPSA) is 0 Å². The first-order valence-corrected chi connectivity index (χ1v) is 14.5. The first-order valence-electron chi connectivity index (χ1n) is 11.7. The Hall–Kier alpha value is -2.72. The molecule has 0 N–H and O–H groups in total. The molecule has 36 heavy (non-hydrogen) atoms. The highest BCUT2D eigenvalue weighted by Crippen LogP contribution is 2.36. The summed E-state index contributed by atoms with van der Waals surface area (Å²) in [5.74, 6) is 0. The van der Waals surface area contributed by atoms with Crippen LogP contribution in [0.2, 0.25) is 10.0 Å². The third-order valence-electron chi connectivity index (χ3n) is 6.35. The third kappa shape index (κ3) is 4.80. The van der Waals surface area contributed by atoms with Gasteiger partial charge in [-0.25, -0.2) is 0 Å². The summed E-state index contributed by atoms with van der Waals surface area (Å²) < 4.78 is 0. The van der Waals surface area contributed by atoms with Crippen molar-refractivity contribution >= 4 is 83.1 Å². The Morgan fingerprint density at radius 2 is 1.03 bits per heavy atom. The maximum Gasteiger partial charge on any atom is 0.0406 e. The number of rotatable bonds is 5. The molecule has 0 saturated heterocycles. The summed E-state index contributed by atoms with van der Waals surface area (Å²) in [6, 6.07) is 43.0. The van der Waals surface area contributed by atoms with E-state index in [2.05, 4.69) is 97.1 Å². The molecule has 0 fully saturated rings. The molecule has 6 aromatic rings. The lowest BCUT2D eigenvalue weighted by molar-refractivity contribution is 1.71. The molecule has 0 aliphatic rings. The quantitative estimate of drug-likeness (QED) is 0.194. The average Bonchev–Trinajstić information content (AvgIpc) is 2.91. The summed E-state index contributed by atoms with van der Waals surface area (Å²) in [7, 11) is 1.03. The van der Waals surface area contributed by atoms with E-state index in [1.54, 1.807) is 0 Å². The molecule has 0 aliphatic heterocycles. The second kappa shape index (κ2) is 10.3. The van der Waals surface area contributed by atoms with Gasteiger partial charge in [0.25, 0.3) is 0 Å². The molecular formula is C32H22Cl2P2. The molecule has 0 saturated carbocycles. The van der Waals surface area contributed by atoms with Crippen molar-refractivity contribution in [3.8, 4) is 11.1 Å². The molecule has 0 spiro atoms. The zero-order chi connectivity index (χ0) is 24.5. The first kappa shape index (κ1) is 23.7. The van der Waals surface area contributed by atoms with E-state index in [-0.39, 0.29) is 0 Å². The van der Waals surface area contributed by atoms with E-state index in [0.29, 0.717) is 17.2 Å². The molecule has 0 amide bonds. The maximum absolute atomic E-state index is 6.23. The van der Waals surface area contributed by atoms with E-state index in [1.165, 1.54) is 53.9 Å². The van der Waals surface area contributed by atoms with Gasteiger partial charge in [0, 0.05) is 10.0 Å². The van der Waals surface area contributed by atoms with Gasteiger partial charge in [-0.2, -0.15) is 0 Å². The second-order valence-corrected chi connectivity index (χ2v) is 12.3. The van der Waals surface area contributed by atoms with Crippen LogP contribution in [0.15, 0.2) is 121 Å². The van der Waals surface area contributed by atoms with Gasteiger partial charge in [-0.1, -0.05) is 131 Å². The number of benzene rings is 6. The predicted molar refractivity (Wildman–Crippen MR) is 165 cm³/mol. The molecule has 0 nitrogen and oxygen atoms in total. The van der Waals surface area contributed by atoms with Crippen molar-refractivity contribution in [1.82, 2.24) is 0 Å². The minimum Gasteiger partial charge on any atom is -0.0843 e. The van der Waals surface area contributed by atoms with E-state index < -0.39 is 0 Å². The maximum atomic E-state index is 6.23. The Labute approximate surface area is 224 Å². The van der Waals surface area contributed by atoms with Crippen LogP contribution in [-0.2, 0) is 0 Å². The van der Waals surface area contributed by atoms with Crippen molar-refractivity contribution in [2.24, 2.45) is 0 Å². The number of halogens is 2. The fraction of sp³-hybridized carbons (Fsp3) is 0. The van der Waals surface area contributed by atoms with Gasteiger partial charge in [0.05, 0.1) is 0 Å². The van der Waals surface area contributed by atoms with Gasteiger partial charge in [0.1, 0.15) is 0 Å². The highest BCUT2D eigenvalue weighted by Gasteiger charge is 2.18. The summed E-state index contributed by atoms with van der Waals surface area (Å²) in [6.45, 7) is 0. The average molecular weight is 539 g/mol. The van der Waals surface area contributed by atoms with Crippen molar-refractivity contribution in [3.05, 3.63) is 131 Å². The number of hydrogen-bond donors (Lipinski definition) is 0. The van der Waals surface area contributed by atoms with Crippen molar-refractivity contribution in [2.45, 2.75) is 0 Å². The Balaban J connectivity index is 1.65. The Bertz CT molecular complexity index is 1690. The Morgan fingerprint density at radius 3 is 1.72 bits per heavy atom. The van der Waals surface area contributed by atoms with Crippen molar-refractivity contribution in [2.75, 3.05) is 0 Å². The minimum absolute atomic E-state index is 0.502. The van der Waals surface area contributed by atoms with Crippen LogP contribution in [0.1, 0.15) is 0 Å². The minimum atomic E-state index is 0.502. The van der Waals surface area contributed by atoms with Crippen LogP contribution >= 0.6 is 40.4 Å². The molecule has 0 bridgehead atoms. The zero-order valence-electron chi connectivity index (χ0n) is 19.3. The predicted octanol–water partition coefficient (Wildman–Crippen LogP) is 8.23. The van der Waals surface area contributed by atoms with E-state index >= 15 is 0 Å². The largest absolute Gasteiger partial charge is 0.0843 e. The molecule has 6 rings (SSSR count). The summed E-state index contributed by atoms with van der Waals surface area (Å²) in [6.07, 6.45) is 0. The monoisotopic (exact) mass is 538 g/mol. The van der Waals surface area contributed by atoms with Crippen LogP contribution < -0.4 is 21.2 Å². The molecular weight excluding hydrogens is 517 g/mol. The van der Waals surface area contributed by atoms with Gasteiger partial charge < -0.3 is 0 Å². The number of fused-ring (bicyclic) bond motifs is 2. The van der Waals surface area contributed by atoms with Crippen LogP contribution in [0.3, 0.4) is 0 Å². The molecule has 0 aromatic heterocycles. The summed E-state index contributed by atoms with van der Waals surface area (Å²) in [5.41, 5.74) is 2.61. The Morgan fingerprint density at radius 1 is 0.472 bits per heavy atom. The lowest BCUT2D eigenvalue weighted by Crippen LogP contribution is -2.23. The van der Waals surface area contributed by atoms with Gasteiger partial charge in [0.2, 0.25) is 0 Å². The highest BCUT2D eigenvalue weighted by molar-refractivity contribution is 7.62. The summed E-state index contributed by atoms with van der Waals surface area (Å²) in [5, 5.41) is 11.9. The summed E-state index contributed by atoms with van der Waals surface area (Å²) in [4.78, 5) is 0. The standard InChI is InChI=1S/C32H22Cl2P2/c33-23-12-16-25(17-13-23)35-30-20-22-7-2-4-10-28(22)31(32(30)36-26-18-14-24(34)15-19-26)29-11-5-8-21-6-1-3-9-27(21)29/h1-20,35-36H. The highest BCUT2D eigenvalue weighted by atomic mass is 35.5. The lowest BCUT2D eigenvalue weighted by atomic mass is 9.94. The van der Waals surface area contributed by atoms with Crippen LogP contribution in [0.5, 0.6) is 0 Å². The van der Waals surface area contributed by atoms with Gasteiger partial charge in [-0.15, -0.1) is 0 Å². The first-order chi connectivity index (χ1) is 17.7. The van der Waals surface area contributed by atoms with Crippen molar-refractivity contribution in [1.29, 1.82) is 0 Å². The van der Waals surface area contributed by atoms with Crippen molar-refractivity contribution in [3.63, 3.8) is 0 Å². The molecule has 174 valence electrons. The van der Waals surface area contributed by atoms with Crippen LogP contribution in [-0.4, -0.2) is 0 Å². The molecule has 2 atom stereocenters. The zero-order valence-corrected chi connectivity index (χ0v) is 22.8. The summed E-state index contributed by atoms with van der Waals surface area (Å²) >= 11 is 12.4. The molecule has 2 unspecified atom stereocenters. The fourth-order valence-electron chi connectivity index (χ4n) is 4.67. The molecule has 6 aromatic carbocycles. The van der Waals surface area contributed by atoms with Crippen molar-refractivity contribution < 1.29 is 0 Å². The van der Waals surface area contributed by atoms with E-state index in [4.69, 9.17) is 23.2 Å². The second-order valence-electron chi connectivity index (χ2n) is 8.69. The number of hydrogen-bond acceptors (Lipinski definition) is 0. The molecule has 0 radical (unpaired) electrons. The smallest absolute Gasteiger partial charge is 0.0406 e. The van der Waals surface area contributed by atoms with Gasteiger partial charge in [0.15, 0.2) is 0 Å². The SMILES string of the molecule is Clc1ccc(Pc2cc3ccccc3c(-c3cccc4ccccc34)c2Pc2ccc(Cl)cc2)cc1. The van der Waals surface area contributed by atoms with Gasteiger partial charge in [-0.3, -0.25) is 0 Å². The fourth-order valence-corrected chi connectivity index (χ4v) is 7.64. The lowest BCUT2D eigenvalue weighted by Gasteiger charge is -2.20. The van der Waals surface area contributed by atoms with E-state index in [9.17, 15) is 0 Å².